The van der Waals surface area contributed by atoms with Crippen LogP contribution in [0, 0.1) is 5.92 Å². The van der Waals surface area contributed by atoms with Crippen molar-refractivity contribution in [3.63, 3.8) is 0 Å². The molecule has 0 saturated carbocycles. The number of hydrogen-bond acceptors (Lipinski definition) is 5. The molecule has 17 heavy (non-hydrogen) atoms. The lowest BCUT2D eigenvalue weighted by molar-refractivity contribution is 0.265. The standard InChI is InChI=1S/C12H21N5/c1-16-6-4-10(7-16)8-17(2)9-11-3-5-14-12(13)15-11/h3,5,10H,4,6-9H2,1-2H3,(H2,13,14,15). The first-order valence-corrected chi connectivity index (χ1v) is 6.08. The average molecular weight is 235 g/mol. The van der Waals surface area contributed by atoms with Crippen LogP contribution in [0.25, 0.3) is 0 Å². The van der Waals surface area contributed by atoms with E-state index in [1.54, 1.807) is 6.20 Å². The van der Waals surface area contributed by atoms with Gasteiger partial charge in [0.25, 0.3) is 0 Å². The van der Waals surface area contributed by atoms with Crippen LogP contribution in [0.5, 0.6) is 0 Å². The van der Waals surface area contributed by atoms with Crippen LogP contribution in [-0.2, 0) is 6.54 Å². The molecule has 94 valence electrons. The van der Waals surface area contributed by atoms with Crippen molar-refractivity contribution in [2.45, 2.75) is 13.0 Å². The quantitative estimate of drug-likeness (QED) is 0.821. The number of rotatable bonds is 4. The van der Waals surface area contributed by atoms with E-state index in [9.17, 15) is 0 Å². The summed E-state index contributed by atoms with van der Waals surface area (Å²) in [6.45, 7) is 4.39. The fourth-order valence-corrected chi connectivity index (χ4v) is 2.46. The summed E-state index contributed by atoms with van der Waals surface area (Å²) in [7, 11) is 4.32. The molecule has 1 aromatic heterocycles. The highest BCUT2D eigenvalue weighted by Gasteiger charge is 2.20. The smallest absolute Gasteiger partial charge is 0.220 e. The summed E-state index contributed by atoms with van der Waals surface area (Å²) in [5.41, 5.74) is 6.56. The molecule has 0 amide bonds. The van der Waals surface area contributed by atoms with E-state index in [4.69, 9.17) is 5.73 Å². The maximum absolute atomic E-state index is 5.57. The minimum atomic E-state index is 0.358. The lowest BCUT2D eigenvalue weighted by Crippen LogP contribution is -2.27. The lowest BCUT2D eigenvalue weighted by atomic mass is 10.1. The van der Waals surface area contributed by atoms with Gasteiger partial charge in [0.2, 0.25) is 5.95 Å². The summed E-state index contributed by atoms with van der Waals surface area (Å²) in [6, 6.07) is 1.92. The van der Waals surface area contributed by atoms with E-state index >= 15 is 0 Å². The molecule has 0 bridgehead atoms. The minimum absolute atomic E-state index is 0.358. The lowest BCUT2D eigenvalue weighted by Gasteiger charge is -2.20. The largest absolute Gasteiger partial charge is 0.368 e. The third-order valence-electron chi connectivity index (χ3n) is 3.22. The van der Waals surface area contributed by atoms with E-state index in [0.717, 1.165) is 24.7 Å². The third kappa shape index (κ3) is 3.64. The SMILES string of the molecule is CN1CCC(CN(C)Cc2ccnc(N)n2)C1. The Bertz CT molecular complexity index is 368. The summed E-state index contributed by atoms with van der Waals surface area (Å²) in [5.74, 6) is 1.14. The Morgan fingerprint density at radius 1 is 1.59 bits per heavy atom. The van der Waals surface area contributed by atoms with Gasteiger partial charge in [-0.3, -0.25) is 0 Å². The molecule has 1 aromatic rings. The number of nitrogens with zero attached hydrogens (tertiary/aromatic N) is 4. The van der Waals surface area contributed by atoms with E-state index in [2.05, 4.69) is 33.9 Å². The second-order valence-electron chi connectivity index (χ2n) is 5.02. The van der Waals surface area contributed by atoms with Gasteiger partial charge in [0.15, 0.2) is 0 Å². The second kappa shape index (κ2) is 5.42. The van der Waals surface area contributed by atoms with Crippen molar-refractivity contribution >= 4 is 5.95 Å². The molecule has 1 atom stereocenters. The van der Waals surface area contributed by atoms with Gasteiger partial charge in [-0.2, -0.15) is 0 Å². The number of hydrogen-bond donors (Lipinski definition) is 1. The van der Waals surface area contributed by atoms with Gasteiger partial charge in [0.05, 0.1) is 5.69 Å². The van der Waals surface area contributed by atoms with Gasteiger partial charge in [-0.1, -0.05) is 0 Å². The Hall–Kier alpha value is -1.20. The van der Waals surface area contributed by atoms with Crippen molar-refractivity contribution in [3.8, 4) is 0 Å². The molecule has 0 aromatic carbocycles. The first-order valence-electron chi connectivity index (χ1n) is 6.08. The molecule has 2 N–H and O–H groups in total. The fraction of sp³-hybridized carbons (Fsp3) is 0.667. The molecular formula is C12H21N5. The van der Waals surface area contributed by atoms with Crippen LogP contribution in [0.15, 0.2) is 12.3 Å². The maximum atomic E-state index is 5.57. The van der Waals surface area contributed by atoms with Crippen molar-refractivity contribution < 1.29 is 0 Å². The average Bonchev–Trinajstić information content (AvgIpc) is 2.63. The number of anilines is 1. The van der Waals surface area contributed by atoms with Gasteiger partial charge in [0.1, 0.15) is 0 Å². The number of nitrogens with two attached hydrogens (primary N) is 1. The van der Waals surface area contributed by atoms with Crippen molar-refractivity contribution in [1.29, 1.82) is 0 Å². The molecule has 1 aliphatic rings. The molecule has 2 rings (SSSR count). The summed E-state index contributed by atoms with van der Waals surface area (Å²) >= 11 is 0. The molecule has 0 radical (unpaired) electrons. The van der Waals surface area contributed by atoms with E-state index in [0.29, 0.717) is 5.95 Å². The Morgan fingerprint density at radius 3 is 3.06 bits per heavy atom. The maximum Gasteiger partial charge on any atom is 0.220 e. The normalized spacial score (nSPS) is 21.2. The summed E-state index contributed by atoms with van der Waals surface area (Å²) in [5, 5.41) is 0. The topological polar surface area (TPSA) is 58.3 Å². The van der Waals surface area contributed by atoms with Crippen molar-refractivity contribution in [2.24, 2.45) is 5.92 Å². The molecule has 1 aliphatic heterocycles. The highest BCUT2D eigenvalue weighted by Crippen LogP contribution is 2.15. The van der Waals surface area contributed by atoms with Gasteiger partial charge >= 0.3 is 0 Å². The highest BCUT2D eigenvalue weighted by molar-refractivity contribution is 5.17. The van der Waals surface area contributed by atoms with Crippen LogP contribution in [0.4, 0.5) is 5.95 Å². The first-order chi connectivity index (χ1) is 8.13. The van der Waals surface area contributed by atoms with Crippen LogP contribution in [-0.4, -0.2) is 53.5 Å². The zero-order valence-electron chi connectivity index (χ0n) is 10.6. The molecule has 2 heterocycles. The minimum Gasteiger partial charge on any atom is -0.368 e. The van der Waals surface area contributed by atoms with Crippen molar-refractivity contribution in [2.75, 3.05) is 39.5 Å². The molecule has 1 unspecified atom stereocenters. The fourth-order valence-electron chi connectivity index (χ4n) is 2.46. The van der Waals surface area contributed by atoms with Crippen molar-refractivity contribution in [1.82, 2.24) is 19.8 Å². The number of aromatic nitrogens is 2. The van der Waals surface area contributed by atoms with E-state index in [1.165, 1.54) is 19.5 Å². The third-order valence-corrected chi connectivity index (χ3v) is 3.22. The van der Waals surface area contributed by atoms with Crippen LogP contribution in [0.2, 0.25) is 0 Å². The van der Waals surface area contributed by atoms with Crippen molar-refractivity contribution in [3.05, 3.63) is 18.0 Å². The molecule has 0 spiro atoms. The predicted molar refractivity (Wildman–Crippen MR) is 68.4 cm³/mol. The zero-order valence-corrected chi connectivity index (χ0v) is 10.6. The summed E-state index contributed by atoms with van der Waals surface area (Å²) in [6.07, 6.45) is 3.02. The van der Waals surface area contributed by atoms with E-state index in [1.807, 2.05) is 6.07 Å². The number of likely N-dealkylation sites (tertiary alicyclic amines) is 1. The van der Waals surface area contributed by atoms with Gasteiger partial charge < -0.3 is 15.5 Å². The molecule has 5 heteroatoms. The summed E-state index contributed by atoms with van der Waals surface area (Å²) < 4.78 is 0. The van der Waals surface area contributed by atoms with Gasteiger partial charge in [-0.25, -0.2) is 9.97 Å². The molecular weight excluding hydrogens is 214 g/mol. The highest BCUT2D eigenvalue weighted by atomic mass is 15.2. The van der Waals surface area contributed by atoms with Gasteiger partial charge in [-0.15, -0.1) is 0 Å². The second-order valence-corrected chi connectivity index (χ2v) is 5.02. The van der Waals surface area contributed by atoms with Crippen LogP contribution in [0.3, 0.4) is 0 Å². The van der Waals surface area contributed by atoms with Gasteiger partial charge in [0, 0.05) is 25.8 Å². The first kappa shape index (κ1) is 12.3. The molecule has 0 aliphatic carbocycles. The predicted octanol–water partition coefficient (Wildman–Crippen LogP) is 0.442. The van der Waals surface area contributed by atoms with Gasteiger partial charge in [-0.05, 0) is 39.0 Å². The van der Waals surface area contributed by atoms with Crippen LogP contribution >= 0.6 is 0 Å². The van der Waals surface area contributed by atoms with Crippen LogP contribution in [0.1, 0.15) is 12.1 Å². The Labute approximate surface area is 103 Å². The van der Waals surface area contributed by atoms with Crippen LogP contribution < -0.4 is 5.73 Å². The van der Waals surface area contributed by atoms with E-state index < -0.39 is 0 Å². The zero-order chi connectivity index (χ0) is 12.3. The molecule has 1 fully saturated rings. The summed E-state index contributed by atoms with van der Waals surface area (Å²) in [4.78, 5) is 12.8. The Morgan fingerprint density at radius 2 is 2.41 bits per heavy atom. The molecule has 5 nitrogen and oxygen atoms in total. The van der Waals surface area contributed by atoms with E-state index in [-0.39, 0.29) is 0 Å². The Balaban J connectivity index is 1.83. The molecule has 1 saturated heterocycles. The monoisotopic (exact) mass is 235 g/mol. The number of nitrogen functional groups attached to an aromatic ring is 1. The Kier molecular flexibility index (Phi) is 3.91.